The average molecular weight is 237 g/mol. The summed E-state index contributed by atoms with van der Waals surface area (Å²) in [6.07, 6.45) is 0. The standard InChI is InChI=1S/C12H15NO4/c14-7-9-5-13(6-9)12(16)8-17-11-4-2-1-3-10(11)15/h1-4,9,14-15H,5-8H2. The van der Waals surface area contributed by atoms with E-state index in [2.05, 4.69) is 0 Å². The summed E-state index contributed by atoms with van der Waals surface area (Å²) in [5, 5.41) is 18.3. The second-order valence-electron chi connectivity index (χ2n) is 4.10. The van der Waals surface area contributed by atoms with E-state index < -0.39 is 0 Å². The fourth-order valence-electron chi connectivity index (χ4n) is 1.70. The number of benzene rings is 1. The Morgan fingerprint density at radius 3 is 2.76 bits per heavy atom. The molecule has 17 heavy (non-hydrogen) atoms. The number of hydrogen-bond donors (Lipinski definition) is 2. The van der Waals surface area contributed by atoms with E-state index in [1.165, 1.54) is 6.07 Å². The maximum Gasteiger partial charge on any atom is 0.260 e. The number of nitrogens with zero attached hydrogens (tertiary/aromatic N) is 1. The predicted octanol–water partition coefficient (Wildman–Crippen LogP) is 0.222. The van der Waals surface area contributed by atoms with Gasteiger partial charge in [0.1, 0.15) is 0 Å². The molecule has 2 N–H and O–H groups in total. The monoisotopic (exact) mass is 237 g/mol. The first kappa shape index (κ1) is 11.7. The maximum atomic E-state index is 11.6. The highest BCUT2D eigenvalue weighted by Crippen LogP contribution is 2.24. The molecule has 1 aliphatic heterocycles. The Morgan fingerprint density at radius 2 is 2.12 bits per heavy atom. The van der Waals surface area contributed by atoms with Gasteiger partial charge in [0, 0.05) is 25.6 Å². The summed E-state index contributed by atoms with van der Waals surface area (Å²) in [7, 11) is 0. The van der Waals surface area contributed by atoms with Crippen LogP contribution in [0.15, 0.2) is 24.3 Å². The number of ether oxygens (including phenoxy) is 1. The van der Waals surface area contributed by atoms with Gasteiger partial charge in [0.05, 0.1) is 0 Å². The van der Waals surface area contributed by atoms with E-state index in [9.17, 15) is 9.90 Å². The summed E-state index contributed by atoms with van der Waals surface area (Å²) in [6, 6.07) is 6.52. The van der Waals surface area contributed by atoms with Crippen molar-refractivity contribution in [3.05, 3.63) is 24.3 Å². The van der Waals surface area contributed by atoms with Crippen LogP contribution in [0.1, 0.15) is 0 Å². The van der Waals surface area contributed by atoms with Crippen LogP contribution in [-0.2, 0) is 4.79 Å². The Morgan fingerprint density at radius 1 is 1.41 bits per heavy atom. The van der Waals surface area contributed by atoms with Crippen LogP contribution in [0, 0.1) is 5.92 Å². The predicted molar refractivity (Wildman–Crippen MR) is 60.8 cm³/mol. The number of amides is 1. The summed E-state index contributed by atoms with van der Waals surface area (Å²) < 4.78 is 5.22. The number of carbonyl (C=O) groups is 1. The number of rotatable bonds is 4. The molecule has 5 heteroatoms. The van der Waals surface area contributed by atoms with Crippen LogP contribution in [-0.4, -0.2) is 47.3 Å². The van der Waals surface area contributed by atoms with E-state index in [4.69, 9.17) is 9.84 Å². The van der Waals surface area contributed by atoms with Crippen molar-refractivity contribution >= 4 is 5.91 Å². The normalized spacial score (nSPS) is 15.5. The third-order valence-electron chi connectivity index (χ3n) is 2.78. The lowest BCUT2D eigenvalue weighted by atomic mass is 10.0. The van der Waals surface area contributed by atoms with Gasteiger partial charge in [0.15, 0.2) is 18.1 Å². The molecule has 1 amide bonds. The largest absolute Gasteiger partial charge is 0.504 e. The number of phenols is 1. The highest BCUT2D eigenvalue weighted by Gasteiger charge is 2.29. The molecule has 5 nitrogen and oxygen atoms in total. The van der Waals surface area contributed by atoms with Crippen molar-refractivity contribution in [2.75, 3.05) is 26.3 Å². The zero-order chi connectivity index (χ0) is 12.3. The second-order valence-corrected chi connectivity index (χ2v) is 4.10. The Kier molecular flexibility index (Phi) is 3.49. The van der Waals surface area contributed by atoms with E-state index in [1.807, 2.05) is 0 Å². The van der Waals surface area contributed by atoms with E-state index in [0.29, 0.717) is 18.8 Å². The van der Waals surface area contributed by atoms with Gasteiger partial charge in [-0.3, -0.25) is 4.79 Å². The van der Waals surface area contributed by atoms with Crippen molar-refractivity contribution in [1.82, 2.24) is 4.90 Å². The number of phenolic OH excluding ortho intramolecular Hbond substituents is 1. The SMILES string of the molecule is O=C(COc1ccccc1O)N1CC(CO)C1. The smallest absolute Gasteiger partial charge is 0.260 e. The topological polar surface area (TPSA) is 70.0 Å². The molecule has 92 valence electrons. The van der Waals surface area contributed by atoms with Gasteiger partial charge in [0.2, 0.25) is 0 Å². The van der Waals surface area contributed by atoms with E-state index in [0.717, 1.165) is 0 Å². The third-order valence-corrected chi connectivity index (χ3v) is 2.78. The molecule has 0 aliphatic carbocycles. The minimum Gasteiger partial charge on any atom is -0.504 e. The van der Waals surface area contributed by atoms with Crippen LogP contribution in [0.2, 0.25) is 0 Å². The Labute approximate surface area is 99.2 Å². The highest BCUT2D eigenvalue weighted by molar-refractivity contribution is 5.78. The van der Waals surface area contributed by atoms with Crippen molar-refractivity contribution in [3.63, 3.8) is 0 Å². The average Bonchev–Trinajstić information content (AvgIpc) is 2.26. The van der Waals surface area contributed by atoms with Gasteiger partial charge in [-0.15, -0.1) is 0 Å². The minimum absolute atomic E-state index is 0.0251. The zero-order valence-corrected chi connectivity index (χ0v) is 9.37. The van der Waals surface area contributed by atoms with Gasteiger partial charge in [-0.1, -0.05) is 12.1 Å². The Bertz CT molecular complexity index is 401. The Balaban J connectivity index is 1.79. The van der Waals surface area contributed by atoms with Crippen molar-refractivity contribution < 1.29 is 19.7 Å². The number of para-hydroxylation sites is 2. The molecule has 2 rings (SSSR count). The lowest BCUT2D eigenvalue weighted by molar-refractivity contribution is -0.140. The van der Waals surface area contributed by atoms with Crippen LogP contribution < -0.4 is 4.74 Å². The van der Waals surface area contributed by atoms with Crippen molar-refractivity contribution in [2.45, 2.75) is 0 Å². The quantitative estimate of drug-likeness (QED) is 0.786. The fraction of sp³-hybridized carbons (Fsp3) is 0.417. The molecule has 1 aromatic carbocycles. The molecule has 0 bridgehead atoms. The summed E-state index contributed by atoms with van der Waals surface area (Å²) in [5.41, 5.74) is 0. The van der Waals surface area contributed by atoms with Gasteiger partial charge in [0.25, 0.3) is 5.91 Å². The molecule has 0 spiro atoms. The van der Waals surface area contributed by atoms with Gasteiger partial charge >= 0.3 is 0 Å². The number of aliphatic hydroxyl groups excluding tert-OH is 1. The van der Waals surface area contributed by atoms with Gasteiger partial charge in [-0.25, -0.2) is 0 Å². The molecule has 1 aromatic rings. The zero-order valence-electron chi connectivity index (χ0n) is 9.37. The molecule has 0 saturated carbocycles. The van der Waals surface area contributed by atoms with Gasteiger partial charge in [-0.2, -0.15) is 0 Å². The maximum absolute atomic E-state index is 11.6. The molecule has 0 aromatic heterocycles. The number of aromatic hydroxyl groups is 1. The molecule has 0 unspecified atom stereocenters. The Hall–Kier alpha value is -1.75. The lowest BCUT2D eigenvalue weighted by Gasteiger charge is -2.38. The number of aliphatic hydroxyl groups is 1. The molecular weight excluding hydrogens is 222 g/mol. The van der Waals surface area contributed by atoms with Crippen LogP contribution in [0.4, 0.5) is 0 Å². The highest BCUT2D eigenvalue weighted by atomic mass is 16.5. The summed E-state index contributed by atoms with van der Waals surface area (Å²) >= 11 is 0. The summed E-state index contributed by atoms with van der Waals surface area (Å²) in [4.78, 5) is 13.2. The third kappa shape index (κ3) is 2.68. The first-order valence-corrected chi connectivity index (χ1v) is 5.50. The molecule has 1 saturated heterocycles. The molecule has 1 heterocycles. The molecule has 0 radical (unpaired) electrons. The molecule has 0 atom stereocenters. The number of hydrogen-bond acceptors (Lipinski definition) is 4. The summed E-state index contributed by atoms with van der Waals surface area (Å²) in [6.45, 7) is 1.19. The van der Waals surface area contributed by atoms with Crippen LogP contribution in [0.25, 0.3) is 0 Å². The van der Waals surface area contributed by atoms with Crippen molar-refractivity contribution in [2.24, 2.45) is 5.92 Å². The van der Waals surface area contributed by atoms with Gasteiger partial charge < -0.3 is 19.8 Å². The van der Waals surface area contributed by atoms with Crippen LogP contribution in [0.5, 0.6) is 11.5 Å². The second kappa shape index (κ2) is 5.05. The number of carbonyl (C=O) groups excluding carboxylic acids is 1. The minimum atomic E-state index is -0.127. The van der Waals surface area contributed by atoms with Gasteiger partial charge in [-0.05, 0) is 12.1 Å². The van der Waals surface area contributed by atoms with E-state index >= 15 is 0 Å². The van der Waals surface area contributed by atoms with Crippen LogP contribution in [0.3, 0.4) is 0 Å². The first-order chi connectivity index (χ1) is 8.20. The van der Waals surface area contributed by atoms with Crippen LogP contribution >= 0.6 is 0 Å². The first-order valence-electron chi connectivity index (χ1n) is 5.50. The van der Waals surface area contributed by atoms with E-state index in [-0.39, 0.29) is 30.8 Å². The molecule has 1 fully saturated rings. The summed E-state index contributed by atoms with van der Waals surface area (Å²) in [5.74, 6) is 0.402. The number of likely N-dealkylation sites (tertiary alicyclic amines) is 1. The van der Waals surface area contributed by atoms with E-state index in [1.54, 1.807) is 23.1 Å². The van der Waals surface area contributed by atoms with Crippen molar-refractivity contribution in [3.8, 4) is 11.5 Å². The lowest BCUT2D eigenvalue weighted by Crippen LogP contribution is -2.52. The molecular formula is C12H15NO4. The fourth-order valence-corrected chi connectivity index (χ4v) is 1.70. The van der Waals surface area contributed by atoms with Crippen molar-refractivity contribution in [1.29, 1.82) is 0 Å². The molecule has 1 aliphatic rings.